The van der Waals surface area contributed by atoms with E-state index in [9.17, 15) is 14.9 Å². The first-order valence-corrected chi connectivity index (χ1v) is 9.27. The lowest BCUT2D eigenvalue weighted by atomic mass is 9.79. The van der Waals surface area contributed by atoms with Gasteiger partial charge in [-0.15, -0.1) is 0 Å². The summed E-state index contributed by atoms with van der Waals surface area (Å²) in [6, 6.07) is 8.91. The van der Waals surface area contributed by atoms with E-state index in [0.29, 0.717) is 39.1 Å². The van der Waals surface area contributed by atoms with Gasteiger partial charge in [-0.05, 0) is 30.7 Å². The largest absolute Gasteiger partial charge is 0.379 e. The van der Waals surface area contributed by atoms with Crippen LogP contribution < -0.4 is 5.73 Å². The van der Waals surface area contributed by atoms with Crippen molar-refractivity contribution in [3.63, 3.8) is 0 Å². The summed E-state index contributed by atoms with van der Waals surface area (Å²) in [5.74, 6) is -0.496. The number of carbonyl (C=O) groups is 1. The fourth-order valence-corrected chi connectivity index (χ4v) is 4.78. The molecule has 142 valence electrons. The zero-order valence-corrected chi connectivity index (χ0v) is 15.2. The molecule has 2 fully saturated rings. The molecule has 0 aromatic heterocycles. The molecule has 1 aromatic carbocycles. The van der Waals surface area contributed by atoms with E-state index in [1.165, 1.54) is 0 Å². The molecule has 1 saturated heterocycles. The minimum absolute atomic E-state index is 0.0492. The molecule has 0 unspecified atom stereocenters. The van der Waals surface area contributed by atoms with Crippen molar-refractivity contribution in [3.05, 3.63) is 46.0 Å². The Kier molecular flexibility index (Phi) is 5.58. The van der Waals surface area contributed by atoms with Crippen LogP contribution in [0.4, 0.5) is 0 Å². The smallest absolute Gasteiger partial charge is 0.237 e. The van der Waals surface area contributed by atoms with Gasteiger partial charge in [0, 0.05) is 24.9 Å². The number of primary amides is 1. The molecule has 1 aliphatic heterocycles. The van der Waals surface area contributed by atoms with Crippen molar-refractivity contribution in [3.8, 4) is 0 Å². The van der Waals surface area contributed by atoms with Gasteiger partial charge >= 0.3 is 0 Å². The first-order chi connectivity index (χ1) is 12.5. The quantitative estimate of drug-likeness (QED) is 0.615. The third-order valence-corrected chi connectivity index (χ3v) is 6.15. The second kappa shape index (κ2) is 7.72. The maximum Gasteiger partial charge on any atom is 0.237 e. The molecule has 1 saturated carbocycles. The van der Waals surface area contributed by atoms with Crippen LogP contribution in [-0.2, 0) is 9.53 Å². The van der Waals surface area contributed by atoms with Gasteiger partial charge in [0.2, 0.25) is 11.9 Å². The van der Waals surface area contributed by atoms with Gasteiger partial charge in [-0.2, -0.15) is 0 Å². The van der Waals surface area contributed by atoms with Crippen molar-refractivity contribution in [2.24, 2.45) is 11.7 Å². The van der Waals surface area contributed by atoms with Crippen molar-refractivity contribution in [2.75, 3.05) is 26.3 Å². The predicted octanol–water partition coefficient (Wildman–Crippen LogP) is 1.79. The van der Waals surface area contributed by atoms with Crippen molar-refractivity contribution in [2.45, 2.75) is 43.7 Å². The summed E-state index contributed by atoms with van der Waals surface area (Å²) < 4.78 is 5.41. The highest BCUT2D eigenvalue weighted by molar-refractivity contribution is 5.85. The van der Waals surface area contributed by atoms with Crippen LogP contribution in [0.15, 0.2) is 30.3 Å². The minimum Gasteiger partial charge on any atom is -0.379 e. The van der Waals surface area contributed by atoms with E-state index in [1.807, 2.05) is 30.3 Å². The molecule has 0 spiro atoms. The molecule has 1 heterocycles. The molecule has 2 aliphatic rings. The molecule has 7 nitrogen and oxygen atoms in total. The van der Waals surface area contributed by atoms with E-state index in [-0.39, 0.29) is 22.7 Å². The average Bonchev–Trinajstić information content (AvgIpc) is 3.10. The van der Waals surface area contributed by atoms with Gasteiger partial charge in [-0.25, -0.2) is 0 Å². The van der Waals surface area contributed by atoms with Gasteiger partial charge in [0.1, 0.15) is 5.54 Å². The molecule has 1 aromatic rings. The SMILES string of the molecule is C[C@H]([C@H](c1ccccc1)[C@@H]1CC[C@@](C(N)=O)(N2CCOCC2)C1)[N+](=O)[O-]. The monoisotopic (exact) mass is 361 g/mol. The first kappa shape index (κ1) is 18.8. The maximum atomic E-state index is 12.4. The van der Waals surface area contributed by atoms with Crippen molar-refractivity contribution < 1.29 is 14.5 Å². The summed E-state index contributed by atoms with van der Waals surface area (Å²) in [5.41, 5.74) is 6.10. The highest BCUT2D eigenvalue weighted by Crippen LogP contribution is 2.47. The predicted molar refractivity (Wildman–Crippen MR) is 97.3 cm³/mol. The molecule has 7 heteroatoms. The normalized spacial score (nSPS) is 29.2. The lowest BCUT2D eigenvalue weighted by Gasteiger charge is -2.41. The molecular formula is C19H27N3O4. The second-order valence-electron chi connectivity index (χ2n) is 7.46. The second-order valence-corrected chi connectivity index (χ2v) is 7.46. The third-order valence-electron chi connectivity index (χ3n) is 6.15. The van der Waals surface area contributed by atoms with Gasteiger partial charge in [0.25, 0.3) is 0 Å². The third kappa shape index (κ3) is 3.46. The number of rotatable bonds is 6. The van der Waals surface area contributed by atoms with E-state index < -0.39 is 11.6 Å². The Hall–Kier alpha value is -1.99. The number of ether oxygens (including phenoxy) is 1. The Bertz CT molecular complexity index is 647. The van der Waals surface area contributed by atoms with Gasteiger partial charge in [0.15, 0.2) is 0 Å². The molecule has 26 heavy (non-hydrogen) atoms. The van der Waals surface area contributed by atoms with E-state index in [4.69, 9.17) is 10.5 Å². The molecule has 2 N–H and O–H groups in total. The van der Waals surface area contributed by atoms with E-state index in [1.54, 1.807) is 6.92 Å². The number of hydrogen-bond donors (Lipinski definition) is 1. The summed E-state index contributed by atoms with van der Waals surface area (Å²) in [6.07, 6.45) is 1.99. The molecule has 3 rings (SSSR count). The minimum atomic E-state index is -0.712. The molecular weight excluding hydrogens is 334 g/mol. The first-order valence-electron chi connectivity index (χ1n) is 9.27. The number of morpholine rings is 1. The van der Waals surface area contributed by atoms with Gasteiger partial charge in [0.05, 0.1) is 19.1 Å². The number of nitro groups is 1. The Morgan fingerprint density at radius 1 is 1.35 bits per heavy atom. The fraction of sp³-hybridized carbons (Fsp3) is 0.632. The van der Waals surface area contributed by atoms with Crippen molar-refractivity contribution in [1.82, 2.24) is 4.90 Å². The summed E-state index contributed by atoms with van der Waals surface area (Å²) in [6.45, 7) is 4.20. The van der Waals surface area contributed by atoms with Gasteiger partial charge in [-0.1, -0.05) is 30.3 Å². The van der Waals surface area contributed by atoms with Crippen LogP contribution in [0.1, 0.15) is 37.7 Å². The lowest BCUT2D eigenvalue weighted by molar-refractivity contribution is -0.524. The highest BCUT2D eigenvalue weighted by atomic mass is 16.6. The standard InChI is InChI=1S/C19H27N3O4/c1-14(22(24)25)17(15-5-3-2-4-6-15)16-7-8-19(13-16,18(20)23)21-9-11-26-12-10-21/h2-6,14,16-17H,7-13H2,1H3,(H2,20,23)/t14-,16-,17-,19-/m1/s1. The summed E-state index contributed by atoms with van der Waals surface area (Å²) in [7, 11) is 0. The fourth-order valence-electron chi connectivity index (χ4n) is 4.78. The van der Waals surface area contributed by atoms with Crippen LogP contribution >= 0.6 is 0 Å². The number of nitrogens with two attached hydrogens (primary N) is 1. The number of amides is 1. The van der Waals surface area contributed by atoms with Crippen LogP contribution in [0.5, 0.6) is 0 Å². The highest BCUT2D eigenvalue weighted by Gasteiger charge is 2.52. The summed E-state index contributed by atoms with van der Waals surface area (Å²) >= 11 is 0. The van der Waals surface area contributed by atoms with E-state index in [0.717, 1.165) is 12.0 Å². The zero-order valence-electron chi connectivity index (χ0n) is 15.2. The number of nitrogens with zero attached hydrogens (tertiary/aromatic N) is 2. The molecule has 1 amide bonds. The van der Waals surface area contributed by atoms with Crippen LogP contribution in [-0.4, -0.2) is 53.6 Å². The lowest BCUT2D eigenvalue weighted by Crippen LogP contribution is -2.59. The van der Waals surface area contributed by atoms with Gasteiger partial charge in [-0.3, -0.25) is 19.8 Å². The summed E-state index contributed by atoms with van der Waals surface area (Å²) in [4.78, 5) is 25.9. The number of hydrogen-bond acceptors (Lipinski definition) is 5. The Balaban J connectivity index is 1.89. The summed E-state index contributed by atoms with van der Waals surface area (Å²) in [5, 5.41) is 11.6. The van der Waals surface area contributed by atoms with Crippen molar-refractivity contribution in [1.29, 1.82) is 0 Å². The average molecular weight is 361 g/mol. The van der Waals surface area contributed by atoms with E-state index >= 15 is 0 Å². The molecule has 0 radical (unpaired) electrons. The number of carbonyl (C=O) groups excluding carboxylic acids is 1. The Morgan fingerprint density at radius 3 is 2.58 bits per heavy atom. The zero-order chi connectivity index (χ0) is 18.7. The van der Waals surface area contributed by atoms with Crippen LogP contribution in [0.2, 0.25) is 0 Å². The van der Waals surface area contributed by atoms with Crippen LogP contribution in [0, 0.1) is 16.0 Å². The topological polar surface area (TPSA) is 98.7 Å². The Morgan fingerprint density at radius 2 is 2.00 bits per heavy atom. The van der Waals surface area contributed by atoms with Gasteiger partial charge < -0.3 is 10.5 Å². The molecule has 4 atom stereocenters. The van der Waals surface area contributed by atoms with Crippen LogP contribution in [0.25, 0.3) is 0 Å². The van der Waals surface area contributed by atoms with Crippen molar-refractivity contribution >= 4 is 5.91 Å². The van der Waals surface area contributed by atoms with Crippen LogP contribution in [0.3, 0.4) is 0 Å². The number of benzene rings is 1. The molecule has 1 aliphatic carbocycles. The van der Waals surface area contributed by atoms with E-state index in [2.05, 4.69) is 4.90 Å². The molecule has 0 bridgehead atoms. The maximum absolute atomic E-state index is 12.4. The Labute approximate surface area is 153 Å².